The van der Waals surface area contributed by atoms with E-state index in [1.54, 1.807) is 6.07 Å². The molecule has 0 aromatic carbocycles. The largest absolute Gasteiger partial charge is 0.448 e. The lowest BCUT2D eigenvalue weighted by molar-refractivity contribution is -0.136. The Balaban J connectivity index is 1.88. The molecule has 21 heavy (non-hydrogen) atoms. The molecule has 1 aromatic rings. The molecule has 0 bridgehead atoms. The van der Waals surface area contributed by atoms with Crippen molar-refractivity contribution in [3.05, 3.63) is 23.1 Å². The number of rotatable bonds is 5. The summed E-state index contributed by atoms with van der Waals surface area (Å²) in [6.07, 6.45) is 2.06. The van der Waals surface area contributed by atoms with Gasteiger partial charge in [-0.15, -0.1) is 0 Å². The zero-order valence-corrected chi connectivity index (χ0v) is 13.8. The van der Waals surface area contributed by atoms with E-state index in [1.807, 2.05) is 24.8 Å². The van der Waals surface area contributed by atoms with E-state index >= 15 is 0 Å². The molecule has 1 N–H and O–H groups in total. The summed E-state index contributed by atoms with van der Waals surface area (Å²) in [4.78, 5) is 14.1. The summed E-state index contributed by atoms with van der Waals surface area (Å²) in [7, 11) is 0. The molecule has 1 saturated heterocycles. The zero-order valence-electron chi connectivity index (χ0n) is 13.1. The monoisotopic (exact) mass is 312 g/mol. The molecule has 1 amide bonds. The van der Waals surface area contributed by atoms with Crippen LogP contribution in [0.4, 0.5) is 0 Å². The van der Waals surface area contributed by atoms with Crippen molar-refractivity contribution in [2.75, 3.05) is 13.1 Å². The molecule has 0 aliphatic carbocycles. The molecule has 4 nitrogen and oxygen atoms in total. The standard InChI is InChI=1S/C16H25ClN2O2/c1-4-12-10-19(16(20)11(2)3)8-7-14(12)18-9-13-5-6-15(17)21-13/h5-6,11-12,14,18H,4,7-10H2,1-3H3/t12-,14+/m0/s1. The number of furan rings is 1. The first-order valence-corrected chi connectivity index (χ1v) is 8.15. The SMILES string of the molecule is CC[C@H]1CN(C(=O)C(C)C)CC[C@H]1NCc1ccc(Cl)o1. The highest BCUT2D eigenvalue weighted by atomic mass is 35.5. The molecule has 1 aliphatic rings. The number of nitrogens with one attached hydrogen (secondary N) is 1. The van der Waals surface area contributed by atoms with Gasteiger partial charge in [0.25, 0.3) is 0 Å². The second-order valence-corrected chi connectivity index (χ2v) is 6.46. The highest BCUT2D eigenvalue weighted by Gasteiger charge is 2.30. The van der Waals surface area contributed by atoms with Crippen molar-refractivity contribution >= 4 is 17.5 Å². The maximum Gasteiger partial charge on any atom is 0.225 e. The Hall–Kier alpha value is -1.00. The number of hydrogen-bond donors (Lipinski definition) is 1. The molecule has 2 heterocycles. The summed E-state index contributed by atoms with van der Waals surface area (Å²) >= 11 is 5.78. The molecule has 1 aromatic heterocycles. The third-order valence-corrected chi connectivity index (χ3v) is 4.43. The van der Waals surface area contributed by atoms with Crippen LogP contribution in [0.1, 0.15) is 39.4 Å². The highest BCUT2D eigenvalue weighted by Crippen LogP contribution is 2.22. The summed E-state index contributed by atoms with van der Waals surface area (Å²) in [6.45, 7) is 8.50. The molecule has 2 rings (SSSR count). The van der Waals surface area contributed by atoms with E-state index < -0.39 is 0 Å². The van der Waals surface area contributed by atoms with Gasteiger partial charge in [0.15, 0.2) is 5.22 Å². The number of carbonyl (C=O) groups excluding carboxylic acids is 1. The highest BCUT2D eigenvalue weighted by molar-refractivity contribution is 6.28. The van der Waals surface area contributed by atoms with E-state index in [4.69, 9.17) is 16.0 Å². The lowest BCUT2D eigenvalue weighted by atomic mass is 9.89. The minimum absolute atomic E-state index is 0.0808. The molecule has 0 saturated carbocycles. The van der Waals surface area contributed by atoms with Gasteiger partial charge in [-0.05, 0) is 36.1 Å². The Bertz CT molecular complexity index is 473. The minimum Gasteiger partial charge on any atom is -0.448 e. The van der Waals surface area contributed by atoms with Crippen molar-refractivity contribution in [3.8, 4) is 0 Å². The molecular weight excluding hydrogens is 288 g/mol. The average Bonchev–Trinajstić information content (AvgIpc) is 2.89. The molecule has 1 aliphatic heterocycles. The van der Waals surface area contributed by atoms with Crippen molar-refractivity contribution in [1.29, 1.82) is 0 Å². The van der Waals surface area contributed by atoms with Crippen LogP contribution in [0.25, 0.3) is 0 Å². The van der Waals surface area contributed by atoms with Crippen molar-refractivity contribution in [3.63, 3.8) is 0 Å². The predicted octanol–water partition coefficient (Wildman–Crippen LogP) is 3.31. The van der Waals surface area contributed by atoms with Crippen LogP contribution in [0.15, 0.2) is 16.5 Å². The first-order chi connectivity index (χ1) is 10.0. The van der Waals surface area contributed by atoms with Gasteiger partial charge in [-0.25, -0.2) is 0 Å². The number of hydrogen-bond acceptors (Lipinski definition) is 3. The van der Waals surface area contributed by atoms with E-state index in [9.17, 15) is 4.79 Å². The maximum absolute atomic E-state index is 12.1. The van der Waals surface area contributed by atoms with Crippen LogP contribution in [-0.2, 0) is 11.3 Å². The van der Waals surface area contributed by atoms with Gasteiger partial charge in [-0.1, -0.05) is 27.2 Å². The lowest BCUT2D eigenvalue weighted by Gasteiger charge is -2.39. The Kier molecular flexibility index (Phi) is 5.71. The number of piperidine rings is 1. The molecule has 118 valence electrons. The maximum atomic E-state index is 12.1. The smallest absolute Gasteiger partial charge is 0.225 e. The number of carbonyl (C=O) groups is 1. The lowest BCUT2D eigenvalue weighted by Crippen LogP contribution is -2.51. The van der Waals surface area contributed by atoms with Crippen LogP contribution < -0.4 is 5.32 Å². The topological polar surface area (TPSA) is 45.5 Å². The van der Waals surface area contributed by atoms with Gasteiger partial charge in [0.05, 0.1) is 6.54 Å². The van der Waals surface area contributed by atoms with Crippen LogP contribution in [-0.4, -0.2) is 29.9 Å². The summed E-state index contributed by atoms with van der Waals surface area (Å²) < 4.78 is 5.37. The van der Waals surface area contributed by atoms with E-state index in [0.717, 1.165) is 31.7 Å². The normalized spacial score (nSPS) is 22.8. The molecule has 1 fully saturated rings. The van der Waals surface area contributed by atoms with Gasteiger partial charge in [0.1, 0.15) is 5.76 Å². The Morgan fingerprint density at radius 2 is 2.29 bits per heavy atom. The number of halogens is 1. The number of amides is 1. The second-order valence-electron chi connectivity index (χ2n) is 6.09. The summed E-state index contributed by atoms with van der Waals surface area (Å²) in [6, 6.07) is 4.09. The Morgan fingerprint density at radius 1 is 1.52 bits per heavy atom. The van der Waals surface area contributed by atoms with Crippen molar-refractivity contribution in [2.45, 2.75) is 46.2 Å². The van der Waals surface area contributed by atoms with Gasteiger partial charge < -0.3 is 14.6 Å². The zero-order chi connectivity index (χ0) is 15.4. The third-order valence-electron chi connectivity index (χ3n) is 4.23. The number of nitrogens with zero attached hydrogens (tertiary/aromatic N) is 1. The van der Waals surface area contributed by atoms with Gasteiger partial charge in [0, 0.05) is 25.0 Å². The Morgan fingerprint density at radius 3 is 2.86 bits per heavy atom. The fourth-order valence-electron chi connectivity index (χ4n) is 2.96. The van der Waals surface area contributed by atoms with Crippen LogP contribution in [0.2, 0.25) is 5.22 Å². The quantitative estimate of drug-likeness (QED) is 0.907. The minimum atomic E-state index is 0.0808. The van der Waals surface area contributed by atoms with E-state index in [0.29, 0.717) is 23.7 Å². The van der Waals surface area contributed by atoms with Crippen molar-refractivity contribution in [1.82, 2.24) is 10.2 Å². The number of likely N-dealkylation sites (tertiary alicyclic amines) is 1. The first-order valence-electron chi connectivity index (χ1n) is 7.77. The molecular formula is C16H25ClN2O2. The van der Waals surface area contributed by atoms with Crippen LogP contribution in [0, 0.1) is 11.8 Å². The van der Waals surface area contributed by atoms with Gasteiger partial charge in [-0.2, -0.15) is 0 Å². The van der Waals surface area contributed by atoms with Gasteiger partial charge in [0.2, 0.25) is 5.91 Å². The Labute approximate surface area is 131 Å². The van der Waals surface area contributed by atoms with Crippen LogP contribution in [0.3, 0.4) is 0 Å². The molecule has 2 atom stereocenters. The fraction of sp³-hybridized carbons (Fsp3) is 0.688. The first kappa shape index (κ1) is 16.4. The summed E-state index contributed by atoms with van der Waals surface area (Å²) in [5.41, 5.74) is 0. The van der Waals surface area contributed by atoms with Gasteiger partial charge >= 0.3 is 0 Å². The van der Waals surface area contributed by atoms with Crippen molar-refractivity contribution in [2.24, 2.45) is 11.8 Å². The predicted molar refractivity (Wildman–Crippen MR) is 84.2 cm³/mol. The van der Waals surface area contributed by atoms with E-state index in [2.05, 4.69) is 12.2 Å². The fourth-order valence-corrected chi connectivity index (χ4v) is 3.12. The molecule has 5 heteroatoms. The van der Waals surface area contributed by atoms with Gasteiger partial charge in [-0.3, -0.25) is 4.79 Å². The van der Waals surface area contributed by atoms with Crippen LogP contribution in [0.5, 0.6) is 0 Å². The van der Waals surface area contributed by atoms with Crippen molar-refractivity contribution < 1.29 is 9.21 Å². The third kappa shape index (κ3) is 4.24. The summed E-state index contributed by atoms with van der Waals surface area (Å²) in [5.74, 6) is 1.70. The molecule has 0 spiro atoms. The summed E-state index contributed by atoms with van der Waals surface area (Å²) in [5, 5.41) is 3.98. The van der Waals surface area contributed by atoms with Crippen LogP contribution >= 0.6 is 11.6 Å². The molecule has 0 radical (unpaired) electrons. The molecule has 0 unspecified atom stereocenters. The average molecular weight is 313 g/mol. The second kappa shape index (κ2) is 7.32. The van der Waals surface area contributed by atoms with E-state index in [1.165, 1.54) is 0 Å². The van der Waals surface area contributed by atoms with E-state index in [-0.39, 0.29) is 11.8 Å².